The number of anilines is 1. The van der Waals surface area contributed by atoms with Crippen LogP contribution < -0.4 is 10.5 Å². The second-order valence-electron chi connectivity index (χ2n) is 4.18. The number of nitrogen functional groups attached to an aromatic ring is 1. The molecule has 0 atom stereocenters. The summed E-state index contributed by atoms with van der Waals surface area (Å²) in [5.74, 6) is -3.94. The minimum absolute atomic E-state index is 0.0929. The third-order valence-electron chi connectivity index (χ3n) is 2.70. The summed E-state index contributed by atoms with van der Waals surface area (Å²) in [6, 6.07) is 4.38. The van der Waals surface area contributed by atoms with E-state index in [0.29, 0.717) is 16.0 Å². The van der Waals surface area contributed by atoms with Gasteiger partial charge in [-0.2, -0.15) is 8.78 Å². The highest BCUT2D eigenvalue weighted by Crippen LogP contribution is 2.29. The van der Waals surface area contributed by atoms with Crippen LogP contribution in [0.2, 0.25) is 0 Å². The summed E-state index contributed by atoms with van der Waals surface area (Å²) in [4.78, 5) is 0. The van der Waals surface area contributed by atoms with Crippen molar-refractivity contribution >= 4 is 5.69 Å². The molecule has 0 aliphatic carbocycles. The van der Waals surface area contributed by atoms with Crippen molar-refractivity contribution in [2.24, 2.45) is 0 Å². The van der Waals surface area contributed by atoms with E-state index >= 15 is 0 Å². The molecule has 21 heavy (non-hydrogen) atoms. The molecule has 0 amide bonds. The Morgan fingerprint density at radius 1 is 1.38 bits per heavy atom. The fraction of sp³-hybridized carbons (Fsp3) is 0.364. The lowest BCUT2D eigenvalue weighted by atomic mass is 10.1. The number of hydrogen-bond acceptors (Lipinski definition) is 5. The van der Waals surface area contributed by atoms with Gasteiger partial charge in [0.1, 0.15) is 12.3 Å². The summed E-state index contributed by atoms with van der Waals surface area (Å²) in [6.45, 7) is -1.33. The Labute approximate surface area is 116 Å². The van der Waals surface area contributed by atoms with Crippen LogP contribution in [-0.2, 0) is 6.54 Å². The predicted molar refractivity (Wildman–Crippen MR) is 65.2 cm³/mol. The maximum absolute atomic E-state index is 13.1. The molecule has 1 aromatic heterocycles. The Morgan fingerprint density at radius 2 is 2.10 bits per heavy atom. The molecule has 114 valence electrons. The van der Waals surface area contributed by atoms with Gasteiger partial charge in [0.15, 0.2) is 5.82 Å². The molecule has 0 saturated heterocycles. The van der Waals surface area contributed by atoms with Crippen molar-refractivity contribution < 1.29 is 22.3 Å². The maximum atomic E-state index is 13.1. The van der Waals surface area contributed by atoms with E-state index in [-0.39, 0.29) is 11.5 Å². The van der Waals surface area contributed by atoms with Crippen LogP contribution in [0.5, 0.6) is 5.75 Å². The first-order valence-electron chi connectivity index (χ1n) is 5.71. The number of tetrazole rings is 1. The van der Waals surface area contributed by atoms with Crippen LogP contribution in [0.15, 0.2) is 18.2 Å². The van der Waals surface area contributed by atoms with Crippen molar-refractivity contribution in [3.05, 3.63) is 18.2 Å². The van der Waals surface area contributed by atoms with E-state index in [9.17, 15) is 17.6 Å². The van der Waals surface area contributed by atoms with Gasteiger partial charge in [-0.15, -0.1) is 5.10 Å². The molecule has 0 spiro atoms. The molecule has 10 heteroatoms. The summed E-state index contributed by atoms with van der Waals surface area (Å²) in [5.41, 5.74) is 6.24. The van der Waals surface area contributed by atoms with Crippen LogP contribution in [0.4, 0.5) is 23.2 Å². The highest BCUT2D eigenvalue weighted by Gasteiger charge is 2.42. The molecule has 0 unspecified atom stereocenters. The summed E-state index contributed by atoms with van der Waals surface area (Å²) in [5, 5.41) is 10.1. The molecule has 0 fully saturated rings. The molecule has 0 aliphatic rings. The minimum atomic E-state index is -4.23. The maximum Gasteiger partial charge on any atom is 0.326 e. The molecule has 0 bridgehead atoms. The monoisotopic (exact) mass is 305 g/mol. The zero-order valence-corrected chi connectivity index (χ0v) is 10.8. The van der Waals surface area contributed by atoms with Gasteiger partial charge in [0, 0.05) is 5.56 Å². The van der Waals surface area contributed by atoms with E-state index in [2.05, 4.69) is 15.5 Å². The third-order valence-corrected chi connectivity index (χ3v) is 2.70. The SMILES string of the molecule is COc1ccc(-c2nnnn2CC(F)(F)C(F)F)cc1N. The fourth-order valence-electron chi connectivity index (χ4n) is 1.66. The zero-order valence-electron chi connectivity index (χ0n) is 10.8. The Morgan fingerprint density at radius 3 is 2.67 bits per heavy atom. The van der Waals surface area contributed by atoms with Gasteiger partial charge in [-0.05, 0) is 28.6 Å². The van der Waals surface area contributed by atoms with E-state index in [1.165, 1.54) is 25.3 Å². The predicted octanol–water partition coefficient (Wildman–Crippen LogP) is 1.83. The smallest absolute Gasteiger partial charge is 0.326 e. The van der Waals surface area contributed by atoms with Crippen molar-refractivity contribution in [1.82, 2.24) is 20.2 Å². The van der Waals surface area contributed by atoms with Crippen molar-refractivity contribution in [1.29, 1.82) is 0 Å². The summed E-state index contributed by atoms with van der Waals surface area (Å²) < 4.78 is 56.2. The van der Waals surface area contributed by atoms with Crippen LogP contribution in [0, 0.1) is 0 Å². The standard InChI is InChI=1S/C11H11F4N5O/c1-21-8-3-2-6(4-7(8)16)9-17-18-19-20(9)5-11(14,15)10(12)13/h2-4,10H,5,16H2,1H3. The van der Waals surface area contributed by atoms with Gasteiger partial charge in [-0.25, -0.2) is 13.5 Å². The molecule has 6 nitrogen and oxygen atoms in total. The van der Waals surface area contributed by atoms with E-state index < -0.39 is 18.9 Å². The molecular formula is C11H11F4N5O. The number of aromatic nitrogens is 4. The topological polar surface area (TPSA) is 78.9 Å². The van der Waals surface area contributed by atoms with Crippen molar-refractivity contribution in [3.8, 4) is 17.1 Å². The third kappa shape index (κ3) is 3.03. The van der Waals surface area contributed by atoms with Gasteiger partial charge >= 0.3 is 12.3 Å². The molecule has 2 rings (SSSR count). The van der Waals surface area contributed by atoms with Gasteiger partial charge in [0.25, 0.3) is 0 Å². The van der Waals surface area contributed by atoms with E-state index in [4.69, 9.17) is 10.5 Å². The Hall–Kier alpha value is -2.39. The first kappa shape index (κ1) is 15.0. The van der Waals surface area contributed by atoms with Crippen molar-refractivity contribution in [2.75, 3.05) is 12.8 Å². The number of rotatable bonds is 5. The van der Waals surface area contributed by atoms with Crippen LogP contribution in [0.25, 0.3) is 11.4 Å². The molecule has 0 radical (unpaired) electrons. The Balaban J connectivity index is 2.34. The van der Waals surface area contributed by atoms with Gasteiger partial charge < -0.3 is 10.5 Å². The van der Waals surface area contributed by atoms with Crippen LogP contribution in [0.1, 0.15) is 0 Å². The molecule has 1 heterocycles. The summed E-state index contributed by atoms with van der Waals surface area (Å²) in [7, 11) is 1.42. The summed E-state index contributed by atoms with van der Waals surface area (Å²) >= 11 is 0. The Bertz CT molecular complexity index is 631. The molecule has 0 aliphatic heterocycles. The van der Waals surface area contributed by atoms with Crippen LogP contribution in [-0.4, -0.2) is 39.7 Å². The molecular weight excluding hydrogens is 294 g/mol. The average molecular weight is 305 g/mol. The molecule has 2 aromatic rings. The van der Waals surface area contributed by atoms with Crippen LogP contribution >= 0.6 is 0 Å². The van der Waals surface area contributed by atoms with Gasteiger partial charge in [-0.1, -0.05) is 0 Å². The normalized spacial score (nSPS) is 11.9. The number of benzene rings is 1. The van der Waals surface area contributed by atoms with Crippen LogP contribution in [0.3, 0.4) is 0 Å². The summed E-state index contributed by atoms with van der Waals surface area (Å²) in [6.07, 6.45) is -3.81. The first-order chi connectivity index (χ1) is 9.85. The highest BCUT2D eigenvalue weighted by molar-refractivity contribution is 5.66. The quantitative estimate of drug-likeness (QED) is 0.673. The largest absolute Gasteiger partial charge is 0.495 e. The van der Waals surface area contributed by atoms with Gasteiger partial charge in [0.05, 0.1) is 12.8 Å². The lowest BCUT2D eigenvalue weighted by molar-refractivity contribution is -0.139. The number of nitrogens with two attached hydrogens (primary N) is 1. The molecule has 1 aromatic carbocycles. The van der Waals surface area contributed by atoms with Gasteiger partial charge in [0.2, 0.25) is 0 Å². The number of halogens is 4. The molecule has 0 saturated carbocycles. The van der Waals surface area contributed by atoms with E-state index in [1.54, 1.807) is 0 Å². The fourth-order valence-corrected chi connectivity index (χ4v) is 1.66. The average Bonchev–Trinajstić information content (AvgIpc) is 2.85. The van der Waals surface area contributed by atoms with Crippen molar-refractivity contribution in [3.63, 3.8) is 0 Å². The lowest BCUT2D eigenvalue weighted by Crippen LogP contribution is -2.32. The number of nitrogens with zero attached hydrogens (tertiary/aromatic N) is 4. The van der Waals surface area contributed by atoms with Crippen molar-refractivity contribution in [2.45, 2.75) is 18.9 Å². The first-order valence-corrected chi connectivity index (χ1v) is 5.71. The molecule has 2 N–H and O–H groups in total. The van der Waals surface area contributed by atoms with Gasteiger partial charge in [-0.3, -0.25) is 0 Å². The minimum Gasteiger partial charge on any atom is -0.495 e. The van der Waals surface area contributed by atoms with E-state index in [1.807, 2.05) is 0 Å². The lowest BCUT2D eigenvalue weighted by Gasteiger charge is -2.15. The second kappa shape index (κ2) is 5.54. The second-order valence-corrected chi connectivity index (χ2v) is 4.18. The highest BCUT2D eigenvalue weighted by atomic mass is 19.3. The number of methoxy groups -OCH3 is 1. The number of hydrogen-bond donors (Lipinski definition) is 1. The van der Waals surface area contributed by atoms with E-state index in [0.717, 1.165) is 0 Å². The Kier molecular flexibility index (Phi) is 3.96. The number of alkyl halides is 4. The number of ether oxygens (including phenoxy) is 1. The zero-order chi connectivity index (χ0) is 15.6.